The number of thiophene rings is 1. The summed E-state index contributed by atoms with van der Waals surface area (Å²) in [7, 11) is 0. The summed E-state index contributed by atoms with van der Waals surface area (Å²) in [6.45, 7) is 4.29. The molecule has 0 aliphatic heterocycles. The highest BCUT2D eigenvalue weighted by Gasteiger charge is 2.05. The lowest BCUT2D eigenvalue weighted by atomic mass is 10.3. The normalized spacial score (nSPS) is 9.50. The smallest absolute Gasteiger partial charge is 0.252 e. The van der Waals surface area contributed by atoms with Crippen molar-refractivity contribution in [2.45, 2.75) is 6.42 Å². The Labute approximate surface area is 98.4 Å². The number of hydrogen-bond donors (Lipinski definition) is 2. The Morgan fingerprint density at radius 2 is 2.25 bits per heavy atom. The lowest BCUT2D eigenvalue weighted by Gasteiger charge is -2.04. The summed E-state index contributed by atoms with van der Waals surface area (Å²) < 4.78 is 0. The van der Waals surface area contributed by atoms with E-state index >= 15 is 0 Å². The summed E-state index contributed by atoms with van der Waals surface area (Å²) in [4.78, 5) is 22.6. The van der Waals surface area contributed by atoms with Crippen molar-refractivity contribution in [2.75, 3.05) is 13.1 Å². The molecule has 0 aromatic carbocycles. The molecule has 0 bridgehead atoms. The van der Waals surface area contributed by atoms with Crippen molar-refractivity contribution in [3.05, 3.63) is 35.0 Å². The van der Waals surface area contributed by atoms with Crippen molar-refractivity contribution in [3.8, 4) is 0 Å². The second-order valence-electron chi connectivity index (χ2n) is 3.11. The van der Waals surface area contributed by atoms with Gasteiger partial charge in [-0.3, -0.25) is 9.59 Å². The molecule has 5 heteroatoms. The van der Waals surface area contributed by atoms with Gasteiger partial charge in [-0.15, -0.1) is 6.58 Å². The molecule has 2 amide bonds. The Morgan fingerprint density at radius 1 is 1.44 bits per heavy atom. The van der Waals surface area contributed by atoms with E-state index in [0.29, 0.717) is 18.7 Å². The highest BCUT2D eigenvalue weighted by molar-refractivity contribution is 7.08. The van der Waals surface area contributed by atoms with Gasteiger partial charge in [0.05, 0.1) is 0 Å². The third-order valence-corrected chi connectivity index (χ3v) is 2.55. The van der Waals surface area contributed by atoms with Gasteiger partial charge in [0.15, 0.2) is 0 Å². The standard InChI is InChI=1S/C11H14N2O2S/c1-2-5-12-10(14)3-6-13-11(15)9-4-7-16-8-9/h2,4,7-8H,1,3,5-6H2,(H,12,14)(H,13,15). The van der Waals surface area contributed by atoms with Crippen LogP contribution < -0.4 is 10.6 Å². The highest BCUT2D eigenvalue weighted by atomic mass is 32.1. The molecule has 1 aromatic heterocycles. The zero-order valence-electron chi connectivity index (χ0n) is 8.86. The minimum Gasteiger partial charge on any atom is -0.353 e. The van der Waals surface area contributed by atoms with Crippen molar-refractivity contribution in [1.82, 2.24) is 10.6 Å². The quantitative estimate of drug-likeness (QED) is 0.731. The van der Waals surface area contributed by atoms with E-state index in [4.69, 9.17) is 0 Å². The lowest BCUT2D eigenvalue weighted by Crippen LogP contribution is -2.30. The Bertz CT molecular complexity index is 360. The highest BCUT2D eigenvalue weighted by Crippen LogP contribution is 2.04. The van der Waals surface area contributed by atoms with Gasteiger partial charge in [0.2, 0.25) is 5.91 Å². The Balaban J connectivity index is 2.18. The molecular weight excluding hydrogens is 224 g/mol. The monoisotopic (exact) mass is 238 g/mol. The number of amides is 2. The molecule has 1 heterocycles. The fraction of sp³-hybridized carbons (Fsp3) is 0.273. The minimum atomic E-state index is -0.141. The van der Waals surface area contributed by atoms with E-state index in [-0.39, 0.29) is 18.2 Å². The van der Waals surface area contributed by atoms with E-state index in [2.05, 4.69) is 17.2 Å². The SMILES string of the molecule is C=CCNC(=O)CCNC(=O)c1ccsc1. The van der Waals surface area contributed by atoms with Crippen LogP contribution in [0.3, 0.4) is 0 Å². The number of carbonyl (C=O) groups is 2. The molecule has 0 atom stereocenters. The number of nitrogens with one attached hydrogen (secondary N) is 2. The van der Waals surface area contributed by atoms with Crippen LogP contribution in [-0.4, -0.2) is 24.9 Å². The molecule has 1 rings (SSSR count). The molecule has 2 N–H and O–H groups in total. The molecule has 0 fully saturated rings. The van der Waals surface area contributed by atoms with Crippen LogP contribution >= 0.6 is 11.3 Å². The van der Waals surface area contributed by atoms with Gasteiger partial charge < -0.3 is 10.6 Å². The molecule has 16 heavy (non-hydrogen) atoms. The Kier molecular flexibility index (Phi) is 5.28. The molecule has 0 radical (unpaired) electrons. The molecule has 0 saturated heterocycles. The Morgan fingerprint density at radius 3 is 2.88 bits per heavy atom. The first kappa shape index (κ1) is 12.4. The van der Waals surface area contributed by atoms with Crippen molar-refractivity contribution in [1.29, 1.82) is 0 Å². The lowest BCUT2D eigenvalue weighted by molar-refractivity contribution is -0.120. The van der Waals surface area contributed by atoms with Crippen molar-refractivity contribution in [3.63, 3.8) is 0 Å². The summed E-state index contributed by atoms with van der Waals surface area (Å²) in [6.07, 6.45) is 1.89. The molecule has 0 aliphatic rings. The summed E-state index contributed by atoms with van der Waals surface area (Å²) in [5.41, 5.74) is 0.636. The van der Waals surface area contributed by atoms with Crippen molar-refractivity contribution < 1.29 is 9.59 Å². The molecule has 4 nitrogen and oxygen atoms in total. The van der Waals surface area contributed by atoms with Crippen LogP contribution in [0.1, 0.15) is 16.8 Å². The van der Waals surface area contributed by atoms with Gasteiger partial charge in [-0.1, -0.05) is 6.08 Å². The molecule has 1 aromatic rings. The first-order valence-corrected chi connectivity index (χ1v) is 5.86. The third-order valence-electron chi connectivity index (χ3n) is 1.86. The van der Waals surface area contributed by atoms with Gasteiger partial charge in [0, 0.05) is 30.5 Å². The molecule has 0 unspecified atom stereocenters. The summed E-state index contributed by atoms with van der Waals surface area (Å²) in [5.74, 6) is -0.233. The average molecular weight is 238 g/mol. The first-order valence-electron chi connectivity index (χ1n) is 4.92. The van der Waals surface area contributed by atoms with E-state index in [1.807, 2.05) is 5.38 Å². The molecule has 0 saturated carbocycles. The number of rotatable bonds is 6. The molecule has 0 aliphatic carbocycles. The van der Waals surface area contributed by atoms with Gasteiger partial charge in [-0.05, 0) is 11.4 Å². The van der Waals surface area contributed by atoms with E-state index in [9.17, 15) is 9.59 Å². The predicted octanol–water partition coefficient (Wildman–Crippen LogP) is 1.17. The number of hydrogen-bond acceptors (Lipinski definition) is 3. The van der Waals surface area contributed by atoms with Crippen LogP contribution in [0, 0.1) is 0 Å². The molecular formula is C11H14N2O2S. The van der Waals surface area contributed by atoms with E-state index in [1.54, 1.807) is 17.5 Å². The third kappa shape index (κ3) is 4.27. The van der Waals surface area contributed by atoms with Crippen LogP contribution in [0.5, 0.6) is 0 Å². The second kappa shape index (κ2) is 6.79. The van der Waals surface area contributed by atoms with Crippen molar-refractivity contribution in [2.24, 2.45) is 0 Å². The fourth-order valence-electron chi connectivity index (χ4n) is 1.06. The van der Waals surface area contributed by atoms with Gasteiger partial charge in [0.25, 0.3) is 5.91 Å². The fourth-order valence-corrected chi connectivity index (χ4v) is 1.70. The topological polar surface area (TPSA) is 58.2 Å². The average Bonchev–Trinajstić information content (AvgIpc) is 2.79. The maximum atomic E-state index is 11.4. The zero-order valence-corrected chi connectivity index (χ0v) is 9.68. The van der Waals surface area contributed by atoms with E-state index < -0.39 is 0 Å². The first-order chi connectivity index (χ1) is 7.74. The summed E-state index contributed by atoms with van der Waals surface area (Å²) in [6, 6.07) is 1.75. The van der Waals surface area contributed by atoms with Gasteiger partial charge >= 0.3 is 0 Å². The maximum absolute atomic E-state index is 11.4. The van der Waals surface area contributed by atoms with Gasteiger partial charge in [0.1, 0.15) is 0 Å². The van der Waals surface area contributed by atoms with Gasteiger partial charge in [-0.2, -0.15) is 11.3 Å². The van der Waals surface area contributed by atoms with Crippen LogP contribution in [-0.2, 0) is 4.79 Å². The summed E-state index contributed by atoms with van der Waals surface area (Å²) >= 11 is 1.47. The number of carbonyl (C=O) groups excluding carboxylic acids is 2. The van der Waals surface area contributed by atoms with Crippen molar-refractivity contribution >= 4 is 23.2 Å². The van der Waals surface area contributed by atoms with Crippen LogP contribution in [0.25, 0.3) is 0 Å². The van der Waals surface area contributed by atoms with Crippen LogP contribution in [0.15, 0.2) is 29.5 Å². The van der Waals surface area contributed by atoms with Crippen LogP contribution in [0.4, 0.5) is 0 Å². The largest absolute Gasteiger partial charge is 0.353 e. The minimum absolute atomic E-state index is 0.0921. The molecule has 86 valence electrons. The molecule has 0 spiro atoms. The van der Waals surface area contributed by atoms with E-state index in [1.165, 1.54) is 11.3 Å². The van der Waals surface area contributed by atoms with E-state index in [0.717, 1.165) is 0 Å². The second-order valence-corrected chi connectivity index (χ2v) is 3.89. The van der Waals surface area contributed by atoms with Gasteiger partial charge in [-0.25, -0.2) is 0 Å². The van der Waals surface area contributed by atoms with Crippen LogP contribution in [0.2, 0.25) is 0 Å². The predicted molar refractivity (Wildman–Crippen MR) is 64.5 cm³/mol. The summed E-state index contributed by atoms with van der Waals surface area (Å²) in [5, 5.41) is 8.92. The Hall–Kier alpha value is -1.62. The maximum Gasteiger partial charge on any atom is 0.252 e. The zero-order chi connectivity index (χ0) is 11.8.